The van der Waals surface area contributed by atoms with E-state index in [0.29, 0.717) is 12.6 Å². The predicted molar refractivity (Wildman–Crippen MR) is 31.8 cm³/mol. The van der Waals surface area contributed by atoms with E-state index in [-0.39, 0.29) is 0 Å². The molecule has 0 aromatic heterocycles. The summed E-state index contributed by atoms with van der Waals surface area (Å²) >= 11 is 0. The molecule has 0 fully saturated rings. The standard InChI is InChI=1S/C5H8OP/c1-3-4-5-7(2)6/h1H,4-5H2,2H3/q+1. The quantitative estimate of drug-likeness (QED) is 0.393. The summed E-state index contributed by atoms with van der Waals surface area (Å²) < 4.78 is 10.3. The lowest BCUT2D eigenvalue weighted by atomic mass is 10.5. The maximum Gasteiger partial charge on any atom is 0.336 e. The van der Waals surface area contributed by atoms with Crippen LogP contribution in [-0.4, -0.2) is 12.8 Å². The average Bonchev–Trinajstić information content (AvgIpc) is 1.61. The van der Waals surface area contributed by atoms with Crippen molar-refractivity contribution in [2.45, 2.75) is 6.42 Å². The molecular weight excluding hydrogens is 107 g/mol. The van der Waals surface area contributed by atoms with Gasteiger partial charge in [0.2, 0.25) is 0 Å². The summed E-state index contributed by atoms with van der Waals surface area (Å²) in [6, 6.07) is 0. The van der Waals surface area contributed by atoms with Gasteiger partial charge in [-0.05, 0) is 0 Å². The molecule has 1 unspecified atom stereocenters. The molecule has 0 N–H and O–H groups in total. The van der Waals surface area contributed by atoms with Gasteiger partial charge in [0.1, 0.15) is 6.66 Å². The van der Waals surface area contributed by atoms with Gasteiger partial charge in [-0.2, -0.15) is 0 Å². The van der Waals surface area contributed by atoms with Crippen LogP contribution >= 0.6 is 7.80 Å². The molecule has 1 nitrogen and oxygen atoms in total. The van der Waals surface area contributed by atoms with E-state index < -0.39 is 7.80 Å². The van der Waals surface area contributed by atoms with Gasteiger partial charge in [-0.1, -0.05) is 4.57 Å². The van der Waals surface area contributed by atoms with E-state index in [0.717, 1.165) is 0 Å². The molecule has 2 heteroatoms. The highest BCUT2D eigenvalue weighted by Crippen LogP contribution is 2.12. The summed E-state index contributed by atoms with van der Waals surface area (Å²) in [5, 5.41) is 0. The zero-order chi connectivity index (χ0) is 5.70. The second kappa shape index (κ2) is 3.84. The summed E-state index contributed by atoms with van der Waals surface area (Å²) in [6.07, 6.45) is 6.22. The number of rotatable bonds is 2. The van der Waals surface area contributed by atoms with E-state index in [4.69, 9.17) is 6.42 Å². The Balaban J connectivity index is 3.02. The van der Waals surface area contributed by atoms with Crippen LogP contribution in [0.15, 0.2) is 0 Å². The topological polar surface area (TPSA) is 17.1 Å². The molecule has 0 rings (SSSR count). The van der Waals surface area contributed by atoms with Gasteiger partial charge >= 0.3 is 7.80 Å². The Morgan fingerprint density at radius 3 is 2.57 bits per heavy atom. The van der Waals surface area contributed by atoms with Crippen LogP contribution in [-0.2, 0) is 4.57 Å². The molecule has 0 radical (unpaired) electrons. The number of terminal acetylenes is 1. The molecule has 0 saturated carbocycles. The molecule has 0 aromatic rings. The molecule has 0 heterocycles. The molecule has 0 aliphatic heterocycles. The Labute approximate surface area is 44.9 Å². The maximum absolute atomic E-state index is 10.3. The Hall–Kier alpha value is -0.340. The van der Waals surface area contributed by atoms with Gasteiger partial charge < -0.3 is 0 Å². The first-order valence-electron chi connectivity index (χ1n) is 2.09. The van der Waals surface area contributed by atoms with E-state index in [1.54, 1.807) is 6.66 Å². The van der Waals surface area contributed by atoms with Crippen molar-refractivity contribution in [3.63, 3.8) is 0 Å². The van der Waals surface area contributed by atoms with Crippen LogP contribution in [0.25, 0.3) is 0 Å². The van der Waals surface area contributed by atoms with Crippen LogP contribution in [0.5, 0.6) is 0 Å². The highest BCUT2D eigenvalue weighted by Gasteiger charge is 2.00. The van der Waals surface area contributed by atoms with E-state index in [1.807, 2.05) is 0 Å². The van der Waals surface area contributed by atoms with Gasteiger partial charge in [0, 0.05) is 0 Å². The van der Waals surface area contributed by atoms with Crippen molar-refractivity contribution in [3.8, 4) is 12.3 Å². The van der Waals surface area contributed by atoms with Crippen molar-refractivity contribution in [1.29, 1.82) is 0 Å². The number of hydrogen-bond donors (Lipinski definition) is 0. The molecule has 7 heavy (non-hydrogen) atoms. The van der Waals surface area contributed by atoms with E-state index >= 15 is 0 Å². The molecular formula is C5H8OP+. The maximum atomic E-state index is 10.3. The van der Waals surface area contributed by atoms with Crippen molar-refractivity contribution in [3.05, 3.63) is 0 Å². The molecule has 1 atom stereocenters. The van der Waals surface area contributed by atoms with Crippen LogP contribution in [0, 0.1) is 12.3 Å². The van der Waals surface area contributed by atoms with Gasteiger partial charge in [-0.3, -0.25) is 0 Å². The van der Waals surface area contributed by atoms with Crippen LogP contribution in [0.4, 0.5) is 0 Å². The Kier molecular flexibility index (Phi) is 3.65. The lowest BCUT2D eigenvalue weighted by Crippen LogP contribution is -1.69. The van der Waals surface area contributed by atoms with Crippen molar-refractivity contribution in [2.75, 3.05) is 12.8 Å². The summed E-state index contributed by atoms with van der Waals surface area (Å²) in [5.74, 6) is 2.42. The predicted octanol–water partition coefficient (Wildman–Crippen LogP) is 1.47. The monoisotopic (exact) mass is 115 g/mol. The third-order valence-electron chi connectivity index (χ3n) is 0.571. The van der Waals surface area contributed by atoms with Gasteiger partial charge in [0.25, 0.3) is 0 Å². The van der Waals surface area contributed by atoms with Crippen LogP contribution in [0.1, 0.15) is 6.42 Å². The third kappa shape index (κ3) is 5.66. The molecule has 0 saturated heterocycles. The Morgan fingerprint density at radius 2 is 2.43 bits per heavy atom. The second-order valence-corrected chi connectivity index (χ2v) is 3.01. The summed E-state index contributed by atoms with van der Waals surface area (Å²) in [5.41, 5.74) is 0. The smallest absolute Gasteiger partial charge is 0.120 e. The zero-order valence-electron chi connectivity index (χ0n) is 4.35. The molecule has 0 aromatic carbocycles. The van der Waals surface area contributed by atoms with Crippen molar-refractivity contribution in [2.24, 2.45) is 0 Å². The fourth-order valence-corrected chi connectivity index (χ4v) is 0.666. The first-order chi connectivity index (χ1) is 3.27. The van der Waals surface area contributed by atoms with Crippen molar-refractivity contribution in [1.82, 2.24) is 0 Å². The normalized spacial score (nSPS) is 10.0. The third-order valence-corrected chi connectivity index (χ3v) is 1.42. The van der Waals surface area contributed by atoms with Crippen molar-refractivity contribution < 1.29 is 4.57 Å². The molecule has 0 amide bonds. The van der Waals surface area contributed by atoms with E-state index in [2.05, 4.69) is 5.92 Å². The van der Waals surface area contributed by atoms with Gasteiger partial charge in [-0.25, -0.2) is 0 Å². The van der Waals surface area contributed by atoms with Crippen LogP contribution in [0.2, 0.25) is 0 Å². The first kappa shape index (κ1) is 6.66. The first-order valence-corrected chi connectivity index (χ1v) is 3.98. The Morgan fingerprint density at radius 1 is 1.86 bits per heavy atom. The molecule has 0 bridgehead atoms. The highest BCUT2D eigenvalue weighted by molar-refractivity contribution is 7.43. The largest absolute Gasteiger partial charge is 0.336 e. The Bertz CT molecular complexity index is 101. The number of hydrogen-bond acceptors (Lipinski definition) is 1. The van der Waals surface area contributed by atoms with Crippen LogP contribution in [0.3, 0.4) is 0 Å². The SMILES string of the molecule is C#CCC[P+](C)=O. The summed E-state index contributed by atoms with van der Waals surface area (Å²) in [7, 11) is -0.999. The highest BCUT2D eigenvalue weighted by atomic mass is 31.1. The van der Waals surface area contributed by atoms with Gasteiger partial charge in [-0.15, -0.1) is 12.3 Å². The molecule has 0 aliphatic carbocycles. The van der Waals surface area contributed by atoms with Gasteiger partial charge in [0.15, 0.2) is 6.16 Å². The van der Waals surface area contributed by atoms with E-state index in [9.17, 15) is 4.57 Å². The minimum Gasteiger partial charge on any atom is -0.120 e. The van der Waals surface area contributed by atoms with Crippen molar-refractivity contribution >= 4 is 7.80 Å². The summed E-state index contributed by atoms with van der Waals surface area (Å²) in [4.78, 5) is 0. The lowest BCUT2D eigenvalue weighted by Gasteiger charge is -1.69. The van der Waals surface area contributed by atoms with Crippen LogP contribution < -0.4 is 0 Å². The molecule has 38 valence electrons. The summed E-state index contributed by atoms with van der Waals surface area (Å²) in [6.45, 7) is 1.69. The lowest BCUT2D eigenvalue weighted by molar-refractivity contribution is 0.591. The van der Waals surface area contributed by atoms with E-state index in [1.165, 1.54) is 0 Å². The fraction of sp³-hybridized carbons (Fsp3) is 0.600. The molecule has 0 aliphatic rings. The minimum absolute atomic E-state index is 0.645. The molecule has 0 spiro atoms. The average molecular weight is 115 g/mol. The van der Waals surface area contributed by atoms with Gasteiger partial charge in [0.05, 0.1) is 6.42 Å². The second-order valence-electron chi connectivity index (χ2n) is 1.31. The zero-order valence-corrected chi connectivity index (χ0v) is 5.24. The minimum atomic E-state index is -0.999. The fourth-order valence-electron chi connectivity index (χ4n) is 0.222.